The largest absolute Gasteiger partial charge is 0.341 e. The van der Waals surface area contributed by atoms with Gasteiger partial charge in [0.1, 0.15) is 6.04 Å². The second kappa shape index (κ2) is 6.24. The van der Waals surface area contributed by atoms with Gasteiger partial charge >= 0.3 is 0 Å². The van der Waals surface area contributed by atoms with E-state index in [1.165, 1.54) is 25.9 Å². The summed E-state index contributed by atoms with van der Waals surface area (Å²) in [6.07, 6.45) is 4.87. The van der Waals surface area contributed by atoms with Crippen LogP contribution in [0, 0.1) is 0 Å². The zero-order valence-corrected chi connectivity index (χ0v) is 12.6. The van der Waals surface area contributed by atoms with Crippen LogP contribution in [0.15, 0.2) is 17.5 Å². The fourth-order valence-corrected chi connectivity index (χ4v) is 4.06. The molecule has 1 unspecified atom stereocenters. The molecule has 2 fully saturated rings. The lowest BCUT2D eigenvalue weighted by Crippen LogP contribution is -2.48. The van der Waals surface area contributed by atoms with E-state index in [1.807, 2.05) is 22.4 Å². The monoisotopic (exact) mass is 293 g/mol. The lowest BCUT2D eigenvalue weighted by Gasteiger charge is -2.37. The highest BCUT2D eigenvalue weighted by Crippen LogP contribution is 2.24. The van der Waals surface area contributed by atoms with Crippen LogP contribution in [-0.2, 0) is 4.79 Å². The van der Waals surface area contributed by atoms with Crippen LogP contribution < -0.4 is 5.73 Å². The van der Waals surface area contributed by atoms with E-state index in [0.717, 1.165) is 30.8 Å². The van der Waals surface area contributed by atoms with Crippen LogP contribution in [0.1, 0.15) is 36.6 Å². The molecule has 110 valence electrons. The molecule has 0 aromatic carbocycles. The number of carbonyl (C=O) groups is 1. The van der Waals surface area contributed by atoms with Gasteiger partial charge in [0, 0.05) is 24.0 Å². The molecule has 2 aliphatic rings. The van der Waals surface area contributed by atoms with Gasteiger partial charge in [-0.3, -0.25) is 4.79 Å². The van der Waals surface area contributed by atoms with Gasteiger partial charge in [-0.15, -0.1) is 11.3 Å². The topological polar surface area (TPSA) is 49.6 Å². The summed E-state index contributed by atoms with van der Waals surface area (Å²) < 4.78 is 0. The van der Waals surface area contributed by atoms with Crippen LogP contribution in [0.25, 0.3) is 0 Å². The second-order valence-electron chi connectivity index (χ2n) is 5.79. The lowest BCUT2D eigenvalue weighted by molar-refractivity contribution is -0.134. The van der Waals surface area contributed by atoms with Gasteiger partial charge in [-0.25, -0.2) is 0 Å². The van der Waals surface area contributed by atoms with E-state index >= 15 is 0 Å². The van der Waals surface area contributed by atoms with Crippen molar-refractivity contribution in [2.75, 3.05) is 26.2 Å². The van der Waals surface area contributed by atoms with E-state index in [4.69, 9.17) is 5.73 Å². The summed E-state index contributed by atoms with van der Waals surface area (Å²) in [5, 5.41) is 1.97. The molecule has 0 bridgehead atoms. The maximum Gasteiger partial charge on any atom is 0.244 e. The fourth-order valence-electron chi connectivity index (χ4n) is 3.34. The normalized spacial score (nSPS) is 23.1. The van der Waals surface area contributed by atoms with Crippen molar-refractivity contribution in [2.24, 2.45) is 5.73 Å². The van der Waals surface area contributed by atoms with Gasteiger partial charge in [-0.05, 0) is 50.2 Å². The van der Waals surface area contributed by atoms with Crippen molar-refractivity contribution >= 4 is 17.2 Å². The molecule has 0 spiro atoms. The van der Waals surface area contributed by atoms with E-state index in [2.05, 4.69) is 4.90 Å². The summed E-state index contributed by atoms with van der Waals surface area (Å²) in [5.74, 6) is 0.0901. The standard InChI is InChI=1S/C15H23N3OS/c16-14(13-4-3-11-20-13)15(19)18-9-5-12(6-10-18)17-7-1-2-8-17/h3-4,11-12,14H,1-2,5-10,16H2. The van der Waals surface area contributed by atoms with Crippen LogP contribution in [0.2, 0.25) is 0 Å². The number of thiophene rings is 1. The molecular weight excluding hydrogens is 270 g/mol. The number of carbonyl (C=O) groups excluding carboxylic acids is 1. The molecular formula is C15H23N3OS. The number of nitrogens with two attached hydrogens (primary N) is 1. The summed E-state index contributed by atoms with van der Waals surface area (Å²) >= 11 is 1.56. The van der Waals surface area contributed by atoms with Crippen LogP contribution in [-0.4, -0.2) is 47.9 Å². The van der Waals surface area contributed by atoms with E-state index < -0.39 is 6.04 Å². The third-order valence-corrected chi connectivity index (χ3v) is 5.50. The molecule has 0 radical (unpaired) electrons. The molecule has 1 aromatic heterocycles. The molecule has 1 amide bonds. The lowest BCUT2D eigenvalue weighted by atomic mass is 10.0. The average Bonchev–Trinajstić information content (AvgIpc) is 3.18. The molecule has 4 nitrogen and oxygen atoms in total. The Bertz CT molecular complexity index is 434. The Morgan fingerprint density at radius 3 is 2.55 bits per heavy atom. The molecule has 0 saturated carbocycles. The summed E-state index contributed by atoms with van der Waals surface area (Å²) in [4.78, 5) is 17.9. The predicted octanol–water partition coefficient (Wildman–Crippen LogP) is 1.83. The van der Waals surface area contributed by atoms with Crippen LogP contribution >= 0.6 is 11.3 Å². The van der Waals surface area contributed by atoms with E-state index in [9.17, 15) is 4.79 Å². The number of hydrogen-bond donors (Lipinski definition) is 1. The van der Waals surface area contributed by atoms with Gasteiger partial charge < -0.3 is 15.5 Å². The van der Waals surface area contributed by atoms with Gasteiger partial charge in [-0.1, -0.05) is 6.07 Å². The molecule has 5 heteroatoms. The van der Waals surface area contributed by atoms with Gasteiger partial charge in [0.15, 0.2) is 0 Å². The van der Waals surface area contributed by atoms with Crippen molar-refractivity contribution in [2.45, 2.75) is 37.8 Å². The minimum atomic E-state index is -0.474. The molecule has 3 rings (SSSR count). The van der Waals surface area contributed by atoms with Gasteiger partial charge in [0.25, 0.3) is 0 Å². The van der Waals surface area contributed by atoms with Crippen LogP contribution in [0.3, 0.4) is 0 Å². The maximum absolute atomic E-state index is 12.4. The molecule has 2 saturated heterocycles. The second-order valence-corrected chi connectivity index (χ2v) is 6.77. The van der Waals surface area contributed by atoms with Crippen molar-refractivity contribution < 1.29 is 4.79 Å². The average molecular weight is 293 g/mol. The molecule has 3 heterocycles. The zero-order chi connectivity index (χ0) is 13.9. The number of rotatable bonds is 3. The van der Waals surface area contributed by atoms with E-state index in [-0.39, 0.29) is 5.91 Å². The zero-order valence-electron chi connectivity index (χ0n) is 11.8. The number of piperidine rings is 1. The summed E-state index contributed by atoms with van der Waals surface area (Å²) in [6.45, 7) is 4.21. The SMILES string of the molecule is NC(C(=O)N1CCC(N2CCCC2)CC1)c1cccs1. The van der Waals surface area contributed by atoms with Crippen molar-refractivity contribution in [3.63, 3.8) is 0 Å². The van der Waals surface area contributed by atoms with Gasteiger partial charge in [0.2, 0.25) is 5.91 Å². The van der Waals surface area contributed by atoms with Gasteiger partial charge in [0.05, 0.1) is 0 Å². The Morgan fingerprint density at radius 1 is 1.25 bits per heavy atom. The molecule has 2 aliphatic heterocycles. The van der Waals surface area contributed by atoms with E-state index in [0.29, 0.717) is 6.04 Å². The van der Waals surface area contributed by atoms with E-state index in [1.54, 1.807) is 11.3 Å². The Morgan fingerprint density at radius 2 is 1.95 bits per heavy atom. The minimum Gasteiger partial charge on any atom is -0.341 e. The molecule has 2 N–H and O–H groups in total. The highest BCUT2D eigenvalue weighted by atomic mass is 32.1. The van der Waals surface area contributed by atoms with Crippen LogP contribution in [0.4, 0.5) is 0 Å². The molecule has 20 heavy (non-hydrogen) atoms. The van der Waals surface area contributed by atoms with Crippen molar-refractivity contribution in [1.82, 2.24) is 9.80 Å². The predicted molar refractivity (Wildman–Crippen MR) is 81.7 cm³/mol. The number of likely N-dealkylation sites (tertiary alicyclic amines) is 2. The third kappa shape index (κ3) is 2.90. The van der Waals surface area contributed by atoms with Crippen molar-refractivity contribution in [3.05, 3.63) is 22.4 Å². The maximum atomic E-state index is 12.4. The molecule has 0 aliphatic carbocycles. The first-order valence-corrected chi connectivity index (χ1v) is 8.45. The van der Waals surface area contributed by atoms with Crippen LogP contribution in [0.5, 0.6) is 0 Å². The number of amides is 1. The number of nitrogens with zero attached hydrogens (tertiary/aromatic N) is 2. The third-order valence-electron chi connectivity index (χ3n) is 4.55. The summed E-state index contributed by atoms with van der Waals surface area (Å²) in [5.41, 5.74) is 6.08. The quantitative estimate of drug-likeness (QED) is 0.925. The van der Waals surface area contributed by atoms with Crippen molar-refractivity contribution in [1.29, 1.82) is 0 Å². The highest BCUT2D eigenvalue weighted by Gasteiger charge is 2.30. The highest BCUT2D eigenvalue weighted by molar-refractivity contribution is 7.10. The Labute approximate surface area is 124 Å². The first-order valence-electron chi connectivity index (χ1n) is 7.57. The molecule has 1 aromatic rings. The van der Waals surface area contributed by atoms with Crippen molar-refractivity contribution in [3.8, 4) is 0 Å². The Kier molecular flexibility index (Phi) is 4.38. The van der Waals surface area contributed by atoms with Gasteiger partial charge in [-0.2, -0.15) is 0 Å². The Hall–Kier alpha value is -0.910. The number of hydrogen-bond acceptors (Lipinski definition) is 4. The molecule has 1 atom stereocenters. The smallest absolute Gasteiger partial charge is 0.244 e. The minimum absolute atomic E-state index is 0.0901. The first-order chi connectivity index (χ1) is 9.75. The summed E-state index contributed by atoms with van der Waals surface area (Å²) in [6, 6.07) is 4.11. The fraction of sp³-hybridized carbons (Fsp3) is 0.667. The Balaban J connectivity index is 1.53. The summed E-state index contributed by atoms with van der Waals surface area (Å²) in [7, 11) is 0. The first kappa shape index (κ1) is 14.0.